The molecule has 0 unspecified atom stereocenters. The number of benzene rings is 2. The van der Waals surface area contributed by atoms with Crippen LogP contribution >= 0.6 is 0 Å². The van der Waals surface area contributed by atoms with E-state index >= 15 is 0 Å². The van der Waals surface area contributed by atoms with Crippen LogP contribution in [0.1, 0.15) is 88.8 Å². The Labute approximate surface area is 308 Å². The first kappa shape index (κ1) is 39.7. The van der Waals surface area contributed by atoms with E-state index in [4.69, 9.17) is 5.26 Å². The monoisotopic (exact) mass is 752 g/mol. The molecule has 2 aromatic heterocycles. The molecule has 0 amide bonds. The van der Waals surface area contributed by atoms with Crippen LogP contribution in [0.25, 0.3) is 16.6 Å². The van der Waals surface area contributed by atoms with Crippen molar-refractivity contribution in [1.82, 2.24) is 20.1 Å². The van der Waals surface area contributed by atoms with Gasteiger partial charge in [-0.3, -0.25) is 10.3 Å². The van der Waals surface area contributed by atoms with E-state index in [2.05, 4.69) is 28.4 Å². The number of nitriles is 1. The van der Waals surface area contributed by atoms with E-state index < -0.39 is 43.7 Å². The number of anilines is 1. The largest absolute Gasteiger partial charge is 0.480 e. The smallest absolute Gasteiger partial charge is 0.417 e. The second-order valence-electron chi connectivity index (χ2n) is 13.9. The Balaban J connectivity index is 0.000000285. The average molecular weight is 753 g/mol. The molecule has 2 fully saturated rings. The van der Waals surface area contributed by atoms with Crippen molar-refractivity contribution >= 4 is 32.5 Å². The van der Waals surface area contributed by atoms with Gasteiger partial charge in [-0.15, -0.1) is 0 Å². The Kier molecular flexibility index (Phi) is 12.8. The Morgan fingerprint density at radius 1 is 1.02 bits per heavy atom. The van der Waals surface area contributed by atoms with Crippen molar-refractivity contribution in [3.8, 4) is 11.8 Å². The zero-order chi connectivity index (χ0) is 38.2. The first-order chi connectivity index (χ1) is 25.3. The minimum Gasteiger partial charge on any atom is -0.480 e. The van der Waals surface area contributed by atoms with E-state index in [-0.39, 0.29) is 18.5 Å². The number of halogens is 3. The number of alkyl halides is 3. The fourth-order valence-electron chi connectivity index (χ4n) is 6.81. The highest BCUT2D eigenvalue weighted by Crippen LogP contribution is 2.39. The zero-order valence-electron chi connectivity index (χ0n) is 30.1. The lowest BCUT2D eigenvalue weighted by Gasteiger charge is -2.24. The molecule has 3 heterocycles. The van der Waals surface area contributed by atoms with Gasteiger partial charge in [0, 0.05) is 24.2 Å². The number of aromatic nitrogens is 3. The molecule has 2 aliphatic rings. The summed E-state index contributed by atoms with van der Waals surface area (Å²) in [5, 5.41) is 26.1. The van der Waals surface area contributed by atoms with E-state index in [9.17, 15) is 31.5 Å². The lowest BCUT2D eigenvalue weighted by Crippen LogP contribution is -2.37. The maximum atomic E-state index is 13.6. The van der Waals surface area contributed by atoms with Gasteiger partial charge in [-0.1, -0.05) is 82.2 Å². The van der Waals surface area contributed by atoms with Gasteiger partial charge in [0.05, 0.1) is 38.7 Å². The number of carbonyl (C=O) groups is 1. The van der Waals surface area contributed by atoms with Crippen LogP contribution < -0.4 is 10.2 Å². The van der Waals surface area contributed by atoms with Gasteiger partial charge in [-0.25, -0.2) is 17.9 Å². The average Bonchev–Trinajstić information content (AvgIpc) is 3.59. The van der Waals surface area contributed by atoms with E-state index in [0.29, 0.717) is 28.8 Å². The van der Waals surface area contributed by atoms with Crippen LogP contribution in [-0.2, 0) is 20.8 Å². The van der Waals surface area contributed by atoms with Gasteiger partial charge in [0.25, 0.3) is 0 Å². The molecule has 1 aliphatic carbocycles. The molecule has 0 radical (unpaired) electrons. The number of hydrogen-bond donors (Lipinski definition) is 2. The molecule has 0 spiro atoms. The number of hydrogen-bond acceptors (Lipinski definition) is 8. The van der Waals surface area contributed by atoms with Crippen molar-refractivity contribution in [1.29, 1.82) is 5.26 Å². The number of nitrogens with zero attached hydrogens (tertiary/aromatic N) is 5. The van der Waals surface area contributed by atoms with E-state index in [1.807, 2.05) is 24.3 Å². The predicted molar refractivity (Wildman–Crippen MR) is 198 cm³/mol. The number of unbranched alkanes of at least 4 members (excludes halogenated alkanes) is 7. The van der Waals surface area contributed by atoms with Crippen LogP contribution in [0.5, 0.6) is 0 Å². The summed E-state index contributed by atoms with van der Waals surface area (Å²) in [6.45, 7) is 4.68. The van der Waals surface area contributed by atoms with Gasteiger partial charge in [-0.2, -0.15) is 23.5 Å². The third-order valence-corrected chi connectivity index (χ3v) is 12.1. The van der Waals surface area contributed by atoms with Crippen molar-refractivity contribution < 1.29 is 31.5 Å². The number of carboxylic acid groups (broad SMARTS) is 1. The molecule has 6 rings (SSSR count). The summed E-state index contributed by atoms with van der Waals surface area (Å²) >= 11 is 0. The number of rotatable bonds is 15. The first-order valence-electron chi connectivity index (χ1n) is 18.3. The number of aliphatic carboxylic acids is 1. The van der Waals surface area contributed by atoms with Gasteiger partial charge in [-0.05, 0) is 63.4 Å². The molecule has 1 aliphatic heterocycles. The highest BCUT2D eigenvalue weighted by Gasteiger charge is 2.47. The van der Waals surface area contributed by atoms with Crippen molar-refractivity contribution in [2.24, 2.45) is 0 Å². The summed E-state index contributed by atoms with van der Waals surface area (Å²) in [6.07, 6.45) is 9.28. The normalized spacial score (nSPS) is 18.0. The molecule has 1 saturated carbocycles. The number of pyridine rings is 1. The van der Waals surface area contributed by atoms with Crippen LogP contribution in [0.2, 0.25) is 0 Å². The Morgan fingerprint density at radius 3 is 2.34 bits per heavy atom. The Morgan fingerprint density at radius 2 is 1.68 bits per heavy atom. The summed E-state index contributed by atoms with van der Waals surface area (Å²) in [6, 6.07) is 15.6. The second-order valence-corrected chi connectivity index (χ2v) is 16.1. The maximum Gasteiger partial charge on any atom is 0.417 e. The number of nitrogens with one attached hydrogen (secondary N) is 1. The second kappa shape index (κ2) is 17.1. The van der Waals surface area contributed by atoms with Crippen LogP contribution in [0.3, 0.4) is 0 Å². The van der Waals surface area contributed by atoms with Crippen LogP contribution in [-0.4, -0.2) is 64.2 Å². The summed E-state index contributed by atoms with van der Waals surface area (Å²) in [4.78, 5) is 17.1. The minimum absolute atomic E-state index is 0.110. The van der Waals surface area contributed by atoms with Crippen molar-refractivity contribution in [2.45, 2.75) is 112 Å². The Bertz CT molecular complexity index is 2020. The number of carboxylic acids is 1. The summed E-state index contributed by atoms with van der Waals surface area (Å²) in [5.74, 6) is -0.963. The quantitative estimate of drug-likeness (QED) is 0.116. The molecule has 4 aromatic rings. The maximum absolute atomic E-state index is 13.6. The molecular weight excluding hydrogens is 706 g/mol. The zero-order valence-corrected chi connectivity index (χ0v) is 31.0. The number of para-hydroxylation sites is 1. The number of aryl methyl sites for hydroxylation is 1. The molecule has 10 nitrogen and oxygen atoms in total. The number of sulfone groups is 1. The predicted octanol–water partition coefficient (Wildman–Crippen LogP) is 8.03. The molecule has 2 atom stereocenters. The van der Waals surface area contributed by atoms with Gasteiger partial charge >= 0.3 is 12.1 Å². The van der Waals surface area contributed by atoms with E-state index in [1.54, 1.807) is 25.3 Å². The third kappa shape index (κ3) is 9.55. The molecule has 284 valence electrons. The molecule has 0 bridgehead atoms. The van der Waals surface area contributed by atoms with Crippen LogP contribution in [0, 0.1) is 18.3 Å². The lowest BCUT2D eigenvalue weighted by molar-refractivity contribution is -0.140. The topological polar surface area (TPSA) is 141 Å². The third-order valence-electron chi connectivity index (χ3n) is 9.90. The van der Waals surface area contributed by atoms with Crippen molar-refractivity contribution in [3.63, 3.8) is 0 Å². The van der Waals surface area contributed by atoms with Gasteiger partial charge in [0.2, 0.25) is 0 Å². The standard InChI is InChI=1S/C25H21F3N4O4S.C14H26N2/c1-15-12-23(32(30-15)20-10-11-29-19-8-4-2-6-17(19)20)31-14-16(13-21(31)24(33)34)37(35,36)22-9-5-3-7-18(22)25(26,27)28;1-2-3-4-5-6-7-8-9-12-16-14(13-15)10-11-14/h2-12,16,21H,13-14H2,1H3,(H,33,34);16H,2-12H2,1H3/t16-,21+;/m1./s1. The highest BCUT2D eigenvalue weighted by molar-refractivity contribution is 7.92. The van der Waals surface area contributed by atoms with Gasteiger partial charge in [0.1, 0.15) is 17.4 Å². The highest BCUT2D eigenvalue weighted by atomic mass is 32.2. The van der Waals surface area contributed by atoms with Gasteiger partial charge in [0.15, 0.2) is 9.84 Å². The SMILES string of the molecule is CCCCCCCCCCNC1(C#N)CC1.Cc1cc(N2C[C@H](S(=O)(=O)c3ccccc3C(F)(F)F)C[C@H]2C(=O)O)n(-c2ccnc3ccccc23)n1. The van der Waals surface area contributed by atoms with Crippen molar-refractivity contribution in [2.75, 3.05) is 18.0 Å². The number of fused-ring (bicyclic) bond motifs is 1. The Hall–Kier alpha value is -4.48. The molecular formula is C39H47F3N6O4S. The van der Waals surface area contributed by atoms with Gasteiger partial charge < -0.3 is 10.0 Å². The fourth-order valence-corrected chi connectivity index (χ4v) is 8.72. The lowest BCUT2D eigenvalue weighted by atomic mass is 10.1. The van der Waals surface area contributed by atoms with E-state index in [1.165, 1.54) is 67.0 Å². The first-order valence-corrected chi connectivity index (χ1v) is 19.8. The van der Waals surface area contributed by atoms with Crippen molar-refractivity contribution in [3.05, 3.63) is 78.1 Å². The summed E-state index contributed by atoms with van der Waals surface area (Å²) < 4.78 is 69.2. The fraction of sp³-hybridized carbons (Fsp3) is 0.487. The van der Waals surface area contributed by atoms with Crippen LogP contribution in [0.15, 0.2) is 71.8 Å². The molecule has 2 N–H and O–H groups in total. The molecule has 14 heteroatoms. The molecule has 2 aromatic carbocycles. The van der Waals surface area contributed by atoms with E-state index in [0.717, 1.165) is 36.9 Å². The molecule has 1 saturated heterocycles. The van der Waals surface area contributed by atoms with Crippen LogP contribution in [0.4, 0.5) is 19.0 Å². The molecule has 53 heavy (non-hydrogen) atoms. The summed E-state index contributed by atoms with van der Waals surface area (Å²) in [7, 11) is -4.53. The summed E-state index contributed by atoms with van der Waals surface area (Å²) in [5.41, 5.74) is 0.450. The minimum atomic E-state index is -4.88.